The molecule has 57 heavy (non-hydrogen) atoms. The molecule has 4 aliphatic heterocycles. The lowest BCUT2D eigenvalue weighted by Crippen LogP contribution is -2.40. The lowest BCUT2D eigenvalue weighted by atomic mass is 10.0. The molecule has 2 aromatic heterocycles. The predicted molar refractivity (Wildman–Crippen MR) is 229 cm³/mol. The predicted octanol–water partition coefficient (Wildman–Crippen LogP) is 9.19. The lowest BCUT2D eigenvalue weighted by Gasteiger charge is -2.19. The number of hydrogen-bond donors (Lipinski definition) is 2. The minimum absolute atomic E-state index is 0.414. The van der Waals surface area contributed by atoms with Crippen molar-refractivity contribution in [3.05, 3.63) is 179 Å². The molecule has 6 heterocycles. The molecule has 10 aromatic rings. The van der Waals surface area contributed by atoms with E-state index in [4.69, 9.17) is 25.0 Å². The van der Waals surface area contributed by atoms with Crippen molar-refractivity contribution in [3.63, 3.8) is 0 Å². The van der Waals surface area contributed by atoms with Gasteiger partial charge in [-0.2, -0.15) is 0 Å². The summed E-state index contributed by atoms with van der Waals surface area (Å²) in [6.07, 6.45) is -0.414. The van der Waals surface area contributed by atoms with Crippen LogP contribution in [0.3, 0.4) is 0 Å². The first-order valence-electron chi connectivity index (χ1n) is 19.1. The van der Waals surface area contributed by atoms with Crippen LogP contribution in [0.4, 0.5) is 11.6 Å². The van der Waals surface area contributed by atoms with E-state index in [0.29, 0.717) is 34.3 Å². The van der Waals surface area contributed by atoms with E-state index in [2.05, 4.69) is 156 Å². The topological polar surface area (TPSA) is 95.7 Å². The maximum Gasteiger partial charge on any atom is 0.165 e. The second-order valence-corrected chi connectivity index (χ2v) is 15.2. The minimum atomic E-state index is -0.414. The van der Waals surface area contributed by atoms with Crippen molar-refractivity contribution < 1.29 is 0 Å². The highest BCUT2D eigenvalue weighted by molar-refractivity contribution is 6.25. The van der Waals surface area contributed by atoms with E-state index in [1.54, 1.807) is 0 Å². The van der Waals surface area contributed by atoms with E-state index in [0.717, 1.165) is 92.7 Å². The summed E-state index contributed by atoms with van der Waals surface area (Å²) in [6, 6.07) is 51.6. The normalized spacial score (nSPS) is 18.2. The Bertz CT molecular complexity index is 3770. The van der Waals surface area contributed by atoms with E-state index >= 15 is 0 Å². The molecule has 1 unspecified atom stereocenters. The van der Waals surface area contributed by atoms with Crippen LogP contribution >= 0.6 is 0 Å². The zero-order chi connectivity index (χ0) is 36.9. The first kappa shape index (κ1) is 29.4. The first-order chi connectivity index (χ1) is 28.2. The molecular formula is C48H27N9. The number of aromatic nitrogens is 2. The van der Waals surface area contributed by atoms with Crippen LogP contribution in [0.1, 0.15) is 28.4 Å². The number of amidine groups is 3. The second kappa shape index (κ2) is 10.4. The summed E-state index contributed by atoms with van der Waals surface area (Å²) in [7, 11) is 0. The van der Waals surface area contributed by atoms with Crippen LogP contribution in [0, 0.1) is 0 Å². The summed E-state index contributed by atoms with van der Waals surface area (Å²) in [5, 5.41) is 16.8. The molecule has 4 aliphatic rings. The smallest absolute Gasteiger partial charge is 0.165 e. The summed E-state index contributed by atoms with van der Waals surface area (Å²) in [5.74, 6) is 3.41. The Kier molecular flexibility index (Phi) is 5.39. The molecule has 0 amide bonds. The highest BCUT2D eigenvalue weighted by Gasteiger charge is 2.32. The van der Waals surface area contributed by atoms with Gasteiger partial charge in [0, 0.05) is 43.8 Å². The number of fused-ring (bicyclic) bond motifs is 18. The Hall–Kier alpha value is -7.91. The average Bonchev–Trinajstić information content (AvgIpc) is 3.93. The van der Waals surface area contributed by atoms with Gasteiger partial charge in [0.1, 0.15) is 12.0 Å². The zero-order valence-corrected chi connectivity index (χ0v) is 30.1. The zero-order valence-electron chi connectivity index (χ0n) is 30.1. The SMILES string of the molecule is c1ccc2cc3c(cc2c1)C1=NC/3=N\c2c3cc4ccccc4cc3c3n2Nn2/c(c4cc5ccccc5cc4/c2=N/C2=NC(N3)c3cc4ccccc4cc32)=N\1. The van der Waals surface area contributed by atoms with Crippen LogP contribution in [0.5, 0.6) is 0 Å². The molecule has 9 heteroatoms. The van der Waals surface area contributed by atoms with Crippen molar-refractivity contribution in [3.8, 4) is 0 Å². The number of nitrogens with one attached hydrogen (secondary N) is 2. The monoisotopic (exact) mass is 729 g/mol. The highest BCUT2D eigenvalue weighted by Crippen LogP contribution is 2.43. The van der Waals surface area contributed by atoms with Crippen molar-refractivity contribution in [2.45, 2.75) is 6.17 Å². The Morgan fingerprint density at radius 2 is 0.860 bits per heavy atom. The Morgan fingerprint density at radius 3 is 1.44 bits per heavy atom. The van der Waals surface area contributed by atoms with Crippen LogP contribution in [-0.2, 0) is 0 Å². The summed E-state index contributed by atoms with van der Waals surface area (Å²) >= 11 is 0. The molecule has 0 fully saturated rings. The maximum absolute atomic E-state index is 5.50. The molecule has 2 N–H and O–H groups in total. The molecule has 14 rings (SSSR count). The molecule has 0 spiro atoms. The van der Waals surface area contributed by atoms with E-state index in [9.17, 15) is 0 Å². The van der Waals surface area contributed by atoms with E-state index < -0.39 is 6.17 Å². The van der Waals surface area contributed by atoms with Gasteiger partial charge in [-0.3, -0.25) is 0 Å². The number of anilines is 1. The largest absolute Gasteiger partial charge is 0.344 e. The summed E-state index contributed by atoms with van der Waals surface area (Å²) in [4.78, 5) is 27.1. The molecule has 0 saturated heterocycles. The molecule has 6 bridgehead atoms. The molecular weight excluding hydrogens is 703 g/mol. The van der Waals surface area contributed by atoms with Crippen molar-refractivity contribution in [2.24, 2.45) is 25.0 Å². The van der Waals surface area contributed by atoms with Gasteiger partial charge in [0.05, 0.1) is 0 Å². The van der Waals surface area contributed by atoms with Gasteiger partial charge in [0.15, 0.2) is 34.3 Å². The van der Waals surface area contributed by atoms with Crippen LogP contribution in [0.2, 0.25) is 0 Å². The first-order valence-corrected chi connectivity index (χ1v) is 19.1. The molecule has 0 aliphatic carbocycles. The molecule has 0 radical (unpaired) electrons. The van der Waals surface area contributed by atoms with Crippen LogP contribution < -0.4 is 21.8 Å². The molecule has 1 atom stereocenters. The fourth-order valence-electron chi connectivity index (χ4n) is 9.25. The van der Waals surface area contributed by atoms with Crippen molar-refractivity contribution in [2.75, 3.05) is 10.9 Å². The number of rotatable bonds is 0. The average molecular weight is 730 g/mol. The molecule has 8 aromatic carbocycles. The molecule has 9 nitrogen and oxygen atoms in total. The number of nitrogens with zero attached hydrogens (tertiary/aromatic N) is 7. The third kappa shape index (κ3) is 3.99. The highest BCUT2D eigenvalue weighted by atomic mass is 15.7. The van der Waals surface area contributed by atoms with Gasteiger partial charge in [-0.05, 0) is 91.6 Å². The van der Waals surface area contributed by atoms with E-state index in [1.165, 1.54) is 0 Å². The lowest BCUT2D eigenvalue weighted by molar-refractivity contribution is 0.701. The molecule has 264 valence electrons. The fourth-order valence-corrected chi connectivity index (χ4v) is 9.25. The third-order valence-electron chi connectivity index (χ3n) is 12.0. The standard InChI is InChI=1S/C48H27N9/c1-2-10-26-18-34-33(17-25(26)9-1)41-49-42(34)52-46-39-23-31-15-7-8-16-32(31)24-40(39)48-54-44-36-20-28-12-4-3-11-27(28)19-35(36)43(50-44)53-47-38-22-30-14-6-5-13-29(30)21-37(38)45(51-41)56(47)55-57(46)48/h1-24,41,51,55H/b52-46-,53-43-,54-48-. The Labute approximate surface area is 322 Å². The molecule has 0 saturated carbocycles. The fraction of sp³-hybridized carbons (Fsp3) is 0.0208. The maximum atomic E-state index is 5.50. The second-order valence-electron chi connectivity index (χ2n) is 15.2. The van der Waals surface area contributed by atoms with Crippen LogP contribution in [0.25, 0.3) is 64.6 Å². The van der Waals surface area contributed by atoms with Gasteiger partial charge in [0.25, 0.3) is 0 Å². The van der Waals surface area contributed by atoms with Gasteiger partial charge in [-0.15, -0.1) is 0 Å². The van der Waals surface area contributed by atoms with Gasteiger partial charge in [0.2, 0.25) is 0 Å². The van der Waals surface area contributed by atoms with E-state index in [1.807, 2.05) is 9.35 Å². The van der Waals surface area contributed by atoms with Gasteiger partial charge >= 0.3 is 0 Å². The number of hydrogen-bond acceptors (Lipinski definition) is 7. The van der Waals surface area contributed by atoms with Crippen molar-refractivity contribution >= 4 is 93.8 Å². The third-order valence-corrected chi connectivity index (χ3v) is 12.0. The van der Waals surface area contributed by atoms with Gasteiger partial charge in [-0.1, -0.05) is 97.1 Å². The summed E-state index contributed by atoms with van der Waals surface area (Å²) in [6.45, 7) is 0. The number of benzene rings is 8. The van der Waals surface area contributed by atoms with E-state index in [-0.39, 0.29) is 0 Å². The summed E-state index contributed by atoms with van der Waals surface area (Å²) in [5.41, 5.74) is 9.15. The Morgan fingerprint density at radius 1 is 0.404 bits per heavy atom. The summed E-state index contributed by atoms with van der Waals surface area (Å²) < 4.78 is 4.05. The quantitative estimate of drug-likeness (QED) is 0.163. The Balaban J connectivity index is 1.20. The number of aliphatic imine (C=N–C) groups is 3. The van der Waals surface area contributed by atoms with Crippen LogP contribution in [0.15, 0.2) is 171 Å². The van der Waals surface area contributed by atoms with Crippen LogP contribution in [-0.4, -0.2) is 26.9 Å². The van der Waals surface area contributed by atoms with Crippen molar-refractivity contribution in [1.82, 2.24) is 9.35 Å². The van der Waals surface area contributed by atoms with Gasteiger partial charge < -0.3 is 5.32 Å². The van der Waals surface area contributed by atoms with Gasteiger partial charge in [-0.25, -0.2) is 39.8 Å². The minimum Gasteiger partial charge on any atom is -0.344 e. The van der Waals surface area contributed by atoms with Crippen molar-refractivity contribution in [1.29, 1.82) is 0 Å².